The molecule has 0 saturated carbocycles. The van der Waals surface area contributed by atoms with Crippen molar-refractivity contribution in [2.75, 3.05) is 40.5 Å². The minimum absolute atomic E-state index is 0.0166. The highest BCUT2D eigenvalue weighted by Crippen LogP contribution is 2.47. The topological polar surface area (TPSA) is 148 Å². The number of carbonyl (C=O) groups excluding carboxylic acids is 4. The summed E-state index contributed by atoms with van der Waals surface area (Å²) >= 11 is 0. The molecule has 0 saturated heterocycles. The molecule has 0 radical (unpaired) electrons. The van der Waals surface area contributed by atoms with Gasteiger partial charge in [0.1, 0.15) is 36.2 Å². The summed E-state index contributed by atoms with van der Waals surface area (Å²) in [4.78, 5) is 48.5. The zero-order valence-corrected chi connectivity index (χ0v) is 25.3. The molecule has 0 aliphatic heterocycles. The van der Waals surface area contributed by atoms with Gasteiger partial charge in [-0.3, -0.25) is 0 Å². The number of fused-ring (bicyclic) bond motifs is 2. The molecule has 46 heavy (non-hydrogen) atoms. The molecule has 12 nitrogen and oxygen atoms in total. The molecular formula is C34H32N2O10. The van der Waals surface area contributed by atoms with Crippen molar-refractivity contribution in [3.63, 3.8) is 0 Å². The van der Waals surface area contributed by atoms with Gasteiger partial charge in [-0.25, -0.2) is 19.2 Å². The molecule has 2 N–H and O–H groups in total. The molecule has 0 aliphatic carbocycles. The molecule has 0 aromatic heterocycles. The van der Waals surface area contributed by atoms with Crippen molar-refractivity contribution in [2.24, 2.45) is 0 Å². The number of hydrogen-bond donors (Lipinski definition) is 2. The molecule has 0 fully saturated rings. The summed E-state index contributed by atoms with van der Waals surface area (Å²) in [5.74, 6) is 0.0952. The van der Waals surface area contributed by atoms with Crippen molar-refractivity contribution in [1.29, 1.82) is 0 Å². The van der Waals surface area contributed by atoms with Gasteiger partial charge in [-0.1, -0.05) is 37.4 Å². The van der Waals surface area contributed by atoms with E-state index in [0.29, 0.717) is 33.4 Å². The third kappa shape index (κ3) is 8.11. The fourth-order valence-electron chi connectivity index (χ4n) is 4.50. The van der Waals surface area contributed by atoms with Gasteiger partial charge in [0.15, 0.2) is 0 Å². The predicted molar refractivity (Wildman–Crippen MR) is 170 cm³/mol. The van der Waals surface area contributed by atoms with Crippen LogP contribution in [0.5, 0.6) is 23.0 Å². The summed E-state index contributed by atoms with van der Waals surface area (Å²) < 4.78 is 32.4. The van der Waals surface area contributed by atoms with E-state index in [1.165, 1.54) is 14.2 Å². The van der Waals surface area contributed by atoms with E-state index in [1.807, 2.05) is 12.1 Å². The van der Waals surface area contributed by atoms with Crippen LogP contribution in [-0.2, 0) is 19.1 Å². The molecule has 2 amide bonds. The smallest absolute Gasteiger partial charge is 0.412 e. The standard InChI is InChI=1S/C34H32N2O10/c1-5-29(37)43-17-15-35-33(39)45-27-13-9-21-7-11-23(41-3)19-25(21)31(27)32-26-20-24(42-4)12-8-22(26)10-14-28(32)46-34(40)36-16-18-44-30(38)6-2/h5-14,19-20H,1-2,15-18H2,3-4H3,(H,35,39)(H,36,40). The lowest BCUT2D eigenvalue weighted by Gasteiger charge is -2.19. The van der Waals surface area contributed by atoms with E-state index in [9.17, 15) is 19.2 Å². The first-order valence-corrected chi connectivity index (χ1v) is 14.0. The second kappa shape index (κ2) is 15.6. The number of ether oxygens (including phenoxy) is 6. The van der Waals surface area contributed by atoms with Crippen LogP contribution in [0.25, 0.3) is 32.7 Å². The first-order valence-electron chi connectivity index (χ1n) is 14.0. The van der Waals surface area contributed by atoms with Crippen LogP contribution < -0.4 is 29.6 Å². The summed E-state index contributed by atoms with van der Waals surface area (Å²) in [5.41, 5.74) is 0.845. The first-order chi connectivity index (χ1) is 22.3. The van der Waals surface area contributed by atoms with Gasteiger partial charge in [0.25, 0.3) is 0 Å². The van der Waals surface area contributed by atoms with Gasteiger partial charge in [-0.15, -0.1) is 0 Å². The Labute approximate surface area is 264 Å². The van der Waals surface area contributed by atoms with Gasteiger partial charge >= 0.3 is 24.1 Å². The van der Waals surface area contributed by atoms with Crippen molar-refractivity contribution < 1.29 is 47.6 Å². The maximum absolute atomic E-state index is 12.9. The second-order valence-corrected chi connectivity index (χ2v) is 9.43. The molecule has 238 valence electrons. The minimum atomic E-state index is -0.815. The summed E-state index contributed by atoms with van der Waals surface area (Å²) in [6.45, 7) is 6.45. The Balaban J connectivity index is 1.81. The molecule has 12 heteroatoms. The van der Waals surface area contributed by atoms with Crippen LogP contribution in [0.2, 0.25) is 0 Å². The number of methoxy groups -OCH3 is 2. The number of hydrogen-bond acceptors (Lipinski definition) is 10. The van der Waals surface area contributed by atoms with Gasteiger partial charge in [-0.2, -0.15) is 0 Å². The van der Waals surface area contributed by atoms with E-state index in [1.54, 1.807) is 48.5 Å². The Morgan fingerprint density at radius 2 is 1.02 bits per heavy atom. The summed E-state index contributed by atoms with van der Waals surface area (Å²) in [7, 11) is 3.06. The second-order valence-electron chi connectivity index (χ2n) is 9.43. The number of amides is 2. The van der Waals surface area contributed by atoms with Crippen LogP contribution >= 0.6 is 0 Å². The van der Waals surface area contributed by atoms with Gasteiger partial charge in [0.2, 0.25) is 0 Å². The van der Waals surface area contributed by atoms with Crippen LogP contribution in [-0.4, -0.2) is 64.6 Å². The van der Waals surface area contributed by atoms with E-state index >= 15 is 0 Å². The van der Waals surface area contributed by atoms with E-state index in [-0.39, 0.29) is 37.8 Å². The van der Waals surface area contributed by atoms with Crippen molar-refractivity contribution in [2.45, 2.75) is 0 Å². The Bertz CT molecular complexity index is 1670. The Kier molecular flexibility index (Phi) is 11.2. The van der Waals surface area contributed by atoms with Crippen molar-refractivity contribution in [3.05, 3.63) is 86.0 Å². The number of esters is 2. The molecule has 0 aliphatic rings. The lowest BCUT2D eigenvalue weighted by molar-refractivity contribution is -0.138. The highest BCUT2D eigenvalue weighted by Gasteiger charge is 2.23. The fourth-order valence-corrected chi connectivity index (χ4v) is 4.50. The molecule has 0 heterocycles. The van der Waals surface area contributed by atoms with Crippen LogP contribution in [0.1, 0.15) is 0 Å². The first kappa shape index (κ1) is 32.9. The van der Waals surface area contributed by atoms with Crippen molar-refractivity contribution in [3.8, 4) is 34.1 Å². The average Bonchev–Trinajstić information content (AvgIpc) is 3.07. The van der Waals surface area contributed by atoms with Crippen LogP contribution in [0.15, 0.2) is 86.0 Å². The summed E-state index contributed by atoms with van der Waals surface area (Å²) in [6.07, 6.45) is 0.408. The molecule has 0 bridgehead atoms. The highest BCUT2D eigenvalue weighted by atomic mass is 16.6. The summed E-state index contributed by atoms with van der Waals surface area (Å²) in [6, 6.07) is 17.6. The third-order valence-electron chi connectivity index (χ3n) is 6.60. The van der Waals surface area contributed by atoms with Crippen LogP contribution in [0, 0.1) is 0 Å². The lowest BCUT2D eigenvalue weighted by atomic mass is 9.92. The van der Waals surface area contributed by atoms with Crippen molar-refractivity contribution in [1.82, 2.24) is 10.6 Å². The van der Waals surface area contributed by atoms with Crippen molar-refractivity contribution >= 4 is 45.7 Å². The monoisotopic (exact) mass is 628 g/mol. The van der Waals surface area contributed by atoms with E-state index < -0.39 is 24.1 Å². The minimum Gasteiger partial charge on any atom is -0.497 e. The Morgan fingerprint density at radius 3 is 1.39 bits per heavy atom. The highest BCUT2D eigenvalue weighted by molar-refractivity contribution is 6.11. The average molecular weight is 629 g/mol. The van der Waals surface area contributed by atoms with E-state index in [4.69, 9.17) is 28.4 Å². The molecule has 0 unspecified atom stereocenters. The quantitative estimate of drug-likeness (QED) is 0.113. The molecule has 0 atom stereocenters. The number of benzene rings is 4. The van der Waals surface area contributed by atoms with Gasteiger partial charge in [0, 0.05) is 23.3 Å². The summed E-state index contributed by atoms with van der Waals surface area (Å²) in [5, 5.41) is 7.90. The predicted octanol–water partition coefficient (Wildman–Crippen LogP) is 5.31. The van der Waals surface area contributed by atoms with Gasteiger partial charge < -0.3 is 39.1 Å². The molecule has 0 spiro atoms. The van der Waals surface area contributed by atoms with Gasteiger partial charge in [-0.05, 0) is 57.9 Å². The van der Waals surface area contributed by atoms with E-state index in [0.717, 1.165) is 22.9 Å². The zero-order valence-electron chi connectivity index (χ0n) is 25.3. The Morgan fingerprint density at radius 1 is 0.630 bits per heavy atom. The lowest BCUT2D eigenvalue weighted by Crippen LogP contribution is -2.31. The third-order valence-corrected chi connectivity index (χ3v) is 6.60. The largest absolute Gasteiger partial charge is 0.497 e. The number of rotatable bonds is 13. The maximum atomic E-state index is 12.9. The molecular weight excluding hydrogens is 596 g/mol. The molecule has 4 aromatic rings. The number of nitrogens with one attached hydrogen (secondary N) is 2. The normalized spacial score (nSPS) is 10.4. The SMILES string of the molecule is C=CC(=O)OCCNC(=O)Oc1ccc2ccc(OC)cc2c1-c1c(OC(=O)NCCOC(=O)C=C)ccc2ccc(OC)cc12. The zero-order chi connectivity index (χ0) is 33.1. The molecule has 4 aromatic carbocycles. The fraction of sp³-hybridized carbons (Fsp3) is 0.176. The van der Waals surface area contributed by atoms with Crippen LogP contribution in [0.4, 0.5) is 9.59 Å². The van der Waals surface area contributed by atoms with Crippen LogP contribution in [0.3, 0.4) is 0 Å². The molecule has 4 rings (SSSR count). The Hall–Kier alpha value is -6.04. The van der Waals surface area contributed by atoms with Gasteiger partial charge in [0.05, 0.1) is 27.3 Å². The maximum Gasteiger partial charge on any atom is 0.412 e. The number of carbonyl (C=O) groups is 4. The van der Waals surface area contributed by atoms with E-state index in [2.05, 4.69) is 23.8 Å².